The van der Waals surface area contributed by atoms with Gasteiger partial charge in [0.15, 0.2) is 0 Å². The fourth-order valence-electron chi connectivity index (χ4n) is 3.08. The van der Waals surface area contributed by atoms with Gasteiger partial charge in [-0.2, -0.15) is 0 Å². The Kier molecular flexibility index (Phi) is 7.18. The van der Waals surface area contributed by atoms with Crippen molar-refractivity contribution in [2.75, 3.05) is 19.6 Å². The maximum Gasteiger partial charge on any atom is 0.270 e. The van der Waals surface area contributed by atoms with Gasteiger partial charge in [0.05, 0.1) is 5.69 Å². The van der Waals surface area contributed by atoms with E-state index in [2.05, 4.69) is 17.2 Å². The molecule has 6 nitrogen and oxygen atoms in total. The molecule has 0 aliphatic rings. The largest absolute Gasteiger partial charge is 0.351 e. The maximum atomic E-state index is 12.6. The highest BCUT2D eigenvalue weighted by Crippen LogP contribution is 2.15. The number of fused-ring (bicyclic) bond motifs is 1. The molecular formula is C20H30N4O2. The van der Waals surface area contributed by atoms with Crippen LogP contribution in [0.25, 0.3) is 5.65 Å². The lowest BCUT2D eigenvalue weighted by Gasteiger charge is -2.20. The predicted octanol–water partition coefficient (Wildman–Crippen LogP) is 3.11. The summed E-state index contributed by atoms with van der Waals surface area (Å²) in [5.74, 6) is 0.0168. The average molecular weight is 358 g/mol. The first-order chi connectivity index (χ1) is 12.5. The SMILES string of the molecule is CCCCN(CC)C(=O)CCCNC(=O)c1c(C)nc2c(C)cccn12. The summed E-state index contributed by atoms with van der Waals surface area (Å²) < 4.78 is 1.83. The molecule has 0 bridgehead atoms. The lowest BCUT2D eigenvalue weighted by atomic mass is 10.2. The van der Waals surface area contributed by atoms with Crippen LogP contribution in [-0.4, -0.2) is 45.7 Å². The molecule has 0 aliphatic heterocycles. The molecule has 0 saturated carbocycles. The number of imidazole rings is 1. The third kappa shape index (κ3) is 4.62. The molecule has 0 atom stereocenters. The number of aromatic nitrogens is 2. The number of pyridine rings is 1. The molecule has 2 heterocycles. The van der Waals surface area contributed by atoms with E-state index >= 15 is 0 Å². The lowest BCUT2D eigenvalue weighted by Crippen LogP contribution is -2.33. The van der Waals surface area contributed by atoms with E-state index in [0.717, 1.165) is 37.1 Å². The molecule has 0 aliphatic carbocycles. The quantitative estimate of drug-likeness (QED) is 0.701. The normalized spacial score (nSPS) is 10.9. The summed E-state index contributed by atoms with van der Waals surface area (Å²) in [6, 6.07) is 3.89. The first kappa shape index (κ1) is 19.9. The molecular weight excluding hydrogens is 328 g/mol. The second-order valence-electron chi connectivity index (χ2n) is 6.62. The van der Waals surface area contributed by atoms with E-state index in [1.807, 2.05) is 48.4 Å². The van der Waals surface area contributed by atoms with Crippen molar-refractivity contribution in [3.63, 3.8) is 0 Å². The van der Waals surface area contributed by atoms with Crippen LogP contribution in [0.2, 0.25) is 0 Å². The van der Waals surface area contributed by atoms with Crippen molar-refractivity contribution >= 4 is 17.5 Å². The summed E-state index contributed by atoms with van der Waals surface area (Å²) in [4.78, 5) is 31.2. The second kappa shape index (κ2) is 9.36. The number of rotatable bonds is 9. The number of amides is 2. The van der Waals surface area contributed by atoms with Crippen molar-refractivity contribution < 1.29 is 9.59 Å². The molecule has 1 N–H and O–H groups in total. The zero-order chi connectivity index (χ0) is 19.1. The number of hydrogen-bond donors (Lipinski definition) is 1. The Balaban J connectivity index is 1.89. The number of carbonyl (C=O) groups excluding carboxylic acids is 2. The monoisotopic (exact) mass is 358 g/mol. The Morgan fingerprint density at radius 2 is 2.00 bits per heavy atom. The number of nitrogens with zero attached hydrogens (tertiary/aromatic N) is 3. The van der Waals surface area contributed by atoms with Gasteiger partial charge in [0, 0.05) is 32.3 Å². The Morgan fingerprint density at radius 3 is 2.69 bits per heavy atom. The summed E-state index contributed by atoms with van der Waals surface area (Å²) in [6.07, 6.45) is 5.07. The van der Waals surface area contributed by atoms with Gasteiger partial charge < -0.3 is 10.2 Å². The van der Waals surface area contributed by atoms with Gasteiger partial charge in [0.2, 0.25) is 5.91 Å². The van der Waals surface area contributed by atoms with Crippen molar-refractivity contribution in [2.45, 2.75) is 53.4 Å². The van der Waals surface area contributed by atoms with Crippen molar-refractivity contribution in [1.29, 1.82) is 0 Å². The van der Waals surface area contributed by atoms with Crippen LogP contribution in [0.4, 0.5) is 0 Å². The third-order valence-corrected chi connectivity index (χ3v) is 4.60. The molecule has 0 saturated heterocycles. The van der Waals surface area contributed by atoms with Crippen molar-refractivity contribution in [3.8, 4) is 0 Å². The highest BCUT2D eigenvalue weighted by atomic mass is 16.2. The molecule has 0 fully saturated rings. The van der Waals surface area contributed by atoms with Gasteiger partial charge in [-0.05, 0) is 45.2 Å². The Labute approximate surface area is 155 Å². The van der Waals surface area contributed by atoms with Crippen LogP contribution >= 0.6 is 0 Å². The van der Waals surface area contributed by atoms with Crippen LogP contribution in [0.1, 0.15) is 61.3 Å². The van der Waals surface area contributed by atoms with Gasteiger partial charge in [-0.3, -0.25) is 14.0 Å². The molecule has 2 amide bonds. The van der Waals surface area contributed by atoms with Crippen LogP contribution in [-0.2, 0) is 4.79 Å². The lowest BCUT2D eigenvalue weighted by molar-refractivity contribution is -0.131. The number of nitrogens with one attached hydrogen (secondary N) is 1. The van der Waals surface area contributed by atoms with Crippen LogP contribution in [0.5, 0.6) is 0 Å². The van der Waals surface area contributed by atoms with Gasteiger partial charge in [-0.15, -0.1) is 0 Å². The van der Waals surface area contributed by atoms with Gasteiger partial charge in [0.1, 0.15) is 11.3 Å². The van der Waals surface area contributed by atoms with E-state index in [-0.39, 0.29) is 11.8 Å². The molecule has 2 aromatic heterocycles. The van der Waals surface area contributed by atoms with E-state index in [1.165, 1.54) is 0 Å². The Bertz CT molecular complexity index is 767. The molecule has 6 heteroatoms. The summed E-state index contributed by atoms with van der Waals surface area (Å²) in [5, 5.41) is 2.92. The highest BCUT2D eigenvalue weighted by Gasteiger charge is 2.17. The molecule has 2 rings (SSSR count). The van der Waals surface area contributed by atoms with Crippen LogP contribution in [0, 0.1) is 13.8 Å². The van der Waals surface area contributed by atoms with E-state index in [4.69, 9.17) is 0 Å². The van der Waals surface area contributed by atoms with Gasteiger partial charge >= 0.3 is 0 Å². The minimum Gasteiger partial charge on any atom is -0.351 e. The molecule has 0 aromatic carbocycles. The fraction of sp³-hybridized carbons (Fsp3) is 0.550. The van der Waals surface area contributed by atoms with Crippen LogP contribution in [0.3, 0.4) is 0 Å². The predicted molar refractivity (Wildman–Crippen MR) is 103 cm³/mol. The zero-order valence-corrected chi connectivity index (χ0v) is 16.3. The van der Waals surface area contributed by atoms with Crippen LogP contribution in [0.15, 0.2) is 18.3 Å². The molecule has 0 spiro atoms. The van der Waals surface area contributed by atoms with Gasteiger partial charge in [-0.25, -0.2) is 4.98 Å². The average Bonchev–Trinajstić information content (AvgIpc) is 2.96. The number of carbonyl (C=O) groups is 2. The third-order valence-electron chi connectivity index (χ3n) is 4.60. The summed E-state index contributed by atoms with van der Waals surface area (Å²) in [5.41, 5.74) is 3.12. The van der Waals surface area contributed by atoms with E-state index < -0.39 is 0 Å². The number of hydrogen-bond acceptors (Lipinski definition) is 3. The van der Waals surface area contributed by atoms with Crippen LogP contribution < -0.4 is 5.32 Å². The minimum atomic E-state index is -0.147. The standard InChI is InChI=1S/C20H30N4O2/c1-5-7-13-23(6-2)17(25)11-8-12-21-20(26)18-16(4)22-19-15(3)10-9-14-24(18)19/h9-10,14H,5-8,11-13H2,1-4H3,(H,21,26). The molecule has 0 radical (unpaired) electrons. The first-order valence-electron chi connectivity index (χ1n) is 9.49. The smallest absolute Gasteiger partial charge is 0.270 e. The van der Waals surface area contributed by atoms with Crippen molar-refractivity contribution in [2.24, 2.45) is 0 Å². The summed E-state index contributed by atoms with van der Waals surface area (Å²) in [6.45, 7) is 9.99. The van der Waals surface area contributed by atoms with Crippen molar-refractivity contribution in [1.82, 2.24) is 19.6 Å². The van der Waals surface area contributed by atoms with E-state index in [0.29, 0.717) is 30.8 Å². The van der Waals surface area contributed by atoms with Gasteiger partial charge in [-0.1, -0.05) is 19.4 Å². The molecule has 0 unspecified atom stereocenters. The topological polar surface area (TPSA) is 66.7 Å². The zero-order valence-electron chi connectivity index (χ0n) is 16.3. The minimum absolute atomic E-state index is 0.147. The highest BCUT2D eigenvalue weighted by molar-refractivity contribution is 5.94. The summed E-state index contributed by atoms with van der Waals surface area (Å²) >= 11 is 0. The molecule has 2 aromatic rings. The Hall–Kier alpha value is -2.37. The summed E-state index contributed by atoms with van der Waals surface area (Å²) in [7, 11) is 0. The fourth-order valence-corrected chi connectivity index (χ4v) is 3.08. The maximum absolute atomic E-state index is 12.6. The second-order valence-corrected chi connectivity index (χ2v) is 6.62. The number of aryl methyl sites for hydroxylation is 2. The van der Waals surface area contributed by atoms with Crippen molar-refractivity contribution in [3.05, 3.63) is 35.3 Å². The Morgan fingerprint density at radius 1 is 1.23 bits per heavy atom. The molecule has 26 heavy (non-hydrogen) atoms. The first-order valence-corrected chi connectivity index (χ1v) is 9.49. The van der Waals surface area contributed by atoms with E-state index in [1.54, 1.807) is 0 Å². The number of unbranched alkanes of at least 4 members (excludes halogenated alkanes) is 1. The molecule has 142 valence electrons. The van der Waals surface area contributed by atoms with E-state index in [9.17, 15) is 9.59 Å². The van der Waals surface area contributed by atoms with Gasteiger partial charge in [0.25, 0.3) is 5.91 Å².